The van der Waals surface area contributed by atoms with Crippen LogP contribution in [0.4, 0.5) is 3.98 Å². The Hall–Kier alpha value is -0.670. The van der Waals surface area contributed by atoms with Crippen LogP contribution >= 0.6 is 12.0 Å². The van der Waals surface area contributed by atoms with Gasteiger partial charge in [0.25, 0.3) is 0 Å². The van der Waals surface area contributed by atoms with Gasteiger partial charge in [0, 0.05) is 24.4 Å². The van der Waals surface area contributed by atoms with Crippen LogP contribution in [-0.2, 0) is 0 Å². The van der Waals surface area contributed by atoms with Crippen molar-refractivity contribution in [2.24, 2.45) is 0 Å². The maximum atomic E-state index is 8.97. The first kappa shape index (κ1) is 11.4. The van der Waals surface area contributed by atoms with E-state index in [4.69, 9.17) is 3.98 Å². The Morgan fingerprint density at radius 2 is 2.36 bits per heavy atom. The van der Waals surface area contributed by atoms with E-state index in [9.17, 15) is 0 Å². The molecule has 1 aromatic rings. The Morgan fingerprint density at radius 3 is 2.93 bits per heavy atom. The second-order valence-corrected chi connectivity index (χ2v) is 3.45. The molecule has 0 spiro atoms. The maximum Gasteiger partial charge on any atom is 0.116 e. The minimum absolute atomic E-state index is 0.643. The molecule has 1 aromatic heterocycles. The summed E-state index contributed by atoms with van der Waals surface area (Å²) in [6, 6.07) is 4.24. The number of halogens is 2. The fraction of sp³-hybridized carbons (Fsp3) is 0.500. The first-order valence-corrected chi connectivity index (χ1v) is 4.92. The van der Waals surface area contributed by atoms with Crippen molar-refractivity contribution in [1.82, 2.24) is 10.3 Å². The van der Waals surface area contributed by atoms with Crippen molar-refractivity contribution < 1.29 is 3.98 Å². The van der Waals surface area contributed by atoms with E-state index in [0.29, 0.717) is 5.92 Å². The lowest BCUT2D eigenvalue weighted by molar-refractivity contribution is 0.734. The van der Waals surface area contributed by atoms with Gasteiger partial charge in [0.1, 0.15) is 12.0 Å². The number of aryl methyl sites for hydroxylation is 1. The summed E-state index contributed by atoms with van der Waals surface area (Å²) in [4.78, 5) is 4.38. The molecular weight excluding hydrogens is 203 g/mol. The Bertz CT molecular complexity index is 275. The quantitative estimate of drug-likeness (QED) is 0.781. The third-order valence-corrected chi connectivity index (χ3v) is 2.42. The minimum Gasteiger partial charge on any atom is -0.316 e. The van der Waals surface area contributed by atoms with Crippen molar-refractivity contribution in [1.29, 1.82) is 0 Å². The third kappa shape index (κ3) is 2.93. The van der Waals surface area contributed by atoms with Crippen LogP contribution in [0.25, 0.3) is 0 Å². The van der Waals surface area contributed by atoms with Crippen LogP contribution in [0.2, 0.25) is 0 Å². The van der Waals surface area contributed by atoms with Crippen molar-refractivity contribution in [2.45, 2.75) is 19.3 Å². The second-order valence-electron chi connectivity index (χ2n) is 3.45. The molecule has 0 aliphatic carbocycles. The normalized spacial score (nSPS) is 20.1. The summed E-state index contributed by atoms with van der Waals surface area (Å²) in [6.45, 7) is 4.35. The molecule has 0 bridgehead atoms. The molecule has 4 heteroatoms. The number of hydrogen-bond donors (Lipinski definition) is 1. The van der Waals surface area contributed by atoms with Gasteiger partial charge in [-0.3, -0.25) is 4.98 Å². The summed E-state index contributed by atoms with van der Waals surface area (Å²) < 4.78 is 8.97. The van der Waals surface area contributed by atoms with Crippen LogP contribution < -0.4 is 5.32 Å². The Balaban J connectivity index is 0.000000461. The topological polar surface area (TPSA) is 24.9 Å². The predicted octanol–water partition coefficient (Wildman–Crippen LogP) is 2.58. The molecule has 1 aliphatic rings. The second kappa shape index (κ2) is 5.94. The average molecular weight is 217 g/mol. The van der Waals surface area contributed by atoms with Crippen molar-refractivity contribution >= 4 is 12.0 Å². The van der Waals surface area contributed by atoms with Gasteiger partial charge in [-0.15, -0.1) is 3.98 Å². The number of rotatable bonds is 1. The number of nitrogens with zero attached hydrogens (tertiary/aromatic N) is 1. The molecule has 1 N–H and O–H groups in total. The van der Waals surface area contributed by atoms with Gasteiger partial charge < -0.3 is 5.32 Å². The highest BCUT2D eigenvalue weighted by atomic mass is 35.5. The Kier molecular flexibility index (Phi) is 4.84. The van der Waals surface area contributed by atoms with E-state index in [1.54, 1.807) is 0 Å². The molecule has 0 amide bonds. The molecule has 1 unspecified atom stereocenters. The zero-order valence-electron chi connectivity index (χ0n) is 8.13. The van der Waals surface area contributed by atoms with Gasteiger partial charge >= 0.3 is 0 Å². The van der Waals surface area contributed by atoms with Crippen LogP contribution in [0.1, 0.15) is 23.6 Å². The number of nitrogens with one attached hydrogen (secondary N) is 1. The molecule has 0 aromatic carbocycles. The van der Waals surface area contributed by atoms with Crippen LogP contribution in [0.5, 0.6) is 0 Å². The molecule has 2 rings (SSSR count). The van der Waals surface area contributed by atoms with Crippen molar-refractivity contribution in [3.05, 3.63) is 29.6 Å². The van der Waals surface area contributed by atoms with Crippen LogP contribution in [0.15, 0.2) is 18.3 Å². The molecule has 1 atom stereocenters. The molecule has 2 nitrogen and oxygen atoms in total. The standard InChI is InChI=1S/C10H14N2.ClF/c1-8-2-5-12-10(6-8)9-3-4-11-7-9;1-2/h2,5-6,9,11H,3-4,7H2,1H3;. The highest BCUT2D eigenvalue weighted by molar-refractivity contribution is 6.06. The fourth-order valence-electron chi connectivity index (χ4n) is 1.69. The first-order chi connectivity index (χ1) is 6.86. The fourth-order valence-corrected chi connectivity index (χ4v) is 1.69. The van der Waals surface area contributed by atoms with Crippen LogP contribution in [-0.4, -0.2) is 18.1 Å². The lowest BCUT2D eigenvalue weighted by Gasteiger charge is -2.07. The zero-order valence-corrected chi connectivity index (χ0v) is 8.89. The molecule has 14 heavy (non-hydrogen) atoms. The maximum absolute atomic E-state index is 8.97. The smallest absolute Gasteiger partial charge is 0.116 e. The van der Waals surface area contributed by atoms with E-state index in [0.717, 1.165) is 13.1 Å². The van der Waals surface area contributed by atoms with Gasteiger partial charge in [-0.2, -0.15) is 0 Å². The third-order valence-electron chi connectivity index (χ3n) is 2.42. The van der Waals surface area contributed by atoms with E-state index in [1.165, 1.54) is 17.7 Å². The summed E-state index contributed by atoms with van der Waals surface area (Å²) in [5.74, 6) is 0.643. The summed E-state index contributed by atoms with van der Waals surface area (Å²) in [5.41, 5.74) is 2.56. The Labute approximate surface area is 88.7 Å². The van der Waals surface area contributed by atoms with Gasteiger partial charge in [-0.25, -0.2) is 0 Å². The van der Waals surface area contributed by atoms with Crippen LogP contribution in [0, 0.1) is 6.92 Å². The number of aromatic nitrogens is 1. The van der Waals surface area contributed by atoms with Crippen molar-refractivity contribution in [3.63, 3.8) is 0 Å². The van der Waals surface area contributed by atoms with Gasteiger partial charge in [-0.1, -0.05) is 0 Å². The molecule has 0 saturated carbocycles. The highest BCUT2D eigenvalue weighted by Crippen LogP contribution is 2.20. The summed E-state index contributed by atoms with van der Waals surface area (Å²) >= 11 is 3.14. The monoisotopic (exact) mass is 216 g/mol. The average Bonchev–Trinajstić information content (AvgIpc) is 2.74. The van der Waals surface area contributed by atoms with E-state index < -0.39 is 0 Å². The summed E-state index contributed by atoms with van der Waals surface area (Å²) in [7, 11) is 0. The molecule has 1 fully saturated rings. The first-order valence-electron chi connectivity index (χ1n) is 4.64. The van der Waals surface area contributed by atoms with Gasteiger partial charge in [0.05, 0.1) is 0 Å². The minimum atomic E-state index is 0.643. The SMILES string of the molecule is Cc1ccnc(C2CCNC2)c1.FCl. The van der Waals surface area contributed by atoms with Gasteiger partial charge in [-0.05, 0) is 37.6 Å². The van der Waals surface area contributed by atoms with E-state index in [-0.39, 0.29) is 0 Å². The van der Waals surface area contributed by atoms with E-state index >= 15 is 0 Å². The van der Waals surface area contributed by atoms with Crippen molar-refractivity contribution in [3.8, 4) is 0 Å². The molecule has 2 heterocycles. The summed E-state index contributed by atoms with van der Waals surface area (Å²) in [5, 5.41) is 3.35. The lowest BCUT2D eigenvalue weighted by Crippen LogP contribution is -2.08. The zero-order chi connectivity index (χ0) is 10.4. The largest absolute Gasteiger partial charge is 0.316 e. The molecule has 1 aliphatic heterocycles. The van der Waals surface area contributed by atoms with Gasteiger partial charge in [0.15, 0.2) is 0 Å². The number of pyridine rings is 1. The van der Waals surface area contributed by atoms with Crippen molar-refractivity contribution in [2.75, 3.05) is 13.1 Å². The highest BCUT2D eigenvalue weighted by Gasteiger charge is 2.17. The predicted molar refractivity (Wildman–Crippen MR) is 56.2 cm³/mol. The molecule has 1 saturated heterocycles. The van der Waals surface area contributed by atoms with E-state index in [1.807, 2.05) is 12.3 Å². The van der Waals surface area contributed by atoms with Crippen LogP contribution in [0.3, 0.4) is 0 Å². The summed E-state index contributed by atoms with van der Waals surface area (Å²) in [6.07, 6.45) is 3.14. The molecular formula is C10H14ClFN2. The number of hydrogen-bond acceptors (Lipinski definition) is 2. The Morgan fingerprint density at radius 1 is 1.57 bits per heavy atom. The molecule has 78 valence electrons. The van der Waals surface area contributed by atoms with E-state index in [2.05, 4.69) is 35.3 Å². The molecule has 0 radical (unpaired) electrons. The van der Waals surface area contributed by atoms with Gasteiger partial charge in [0.2, 0.25) is 0 Å². The lowest BCUT2D eigenvalue weighted by atomic mass is 10.0.